The van der Waals surface area contributed by atoms with Crippen LogP contribution in [0.25, 0.3) is 0 Å². The van der Waals surface area contributed by atoms with E-state index in [4.69, 9.17) is 9.47 Å². The number of rotatable bonds is 13. The molecule has 0 fully saturated rings. The van der Waals surface area contributed by atoms with Crippen molar-refractivity contribution in [2.75, 3.05) is 19.5 Å². The van der Waals surface area contributed by atoms with Gasteiger partial charge in [-0.25, -0.2) is 0 Å². The first-order valence-electron chi connectivity index (χ1n) is 11.8. The molecule has 3 aromatic rings. The molecule has 0 aliphatic carbocycles. The third-order valence-corrected chi connectivity index (χ3v) is 6.73. The highest BCUT2D eigenvalue weighted by Gasteiger charge is 2.19. The smallest absolute Gasteiger partial charge is 0.191 e. The van der Waals surface area contributed by atoms with Gasteiger partial charge in [-0.05, 0) is 49.9 Å². The molecule has 0 atom stereocenters. The van der Waals surface area contributed by atoms with Crippen LogP contribution in [0.5, 0.6) is 5.75 Å². The maximum Gasteiger partial charge on any atom is 0.191 e. The van der Waals surface area contributed by atoms with Crippen LogP contribution in [0, 0.1) is 19.8 Å². The van der Waals surface area contributed by atoms with E-state index >= 15 is 0 Å². The number of aromatic nitrogens is 4. The quantitative estimate of drug-likeness (QED) is 0.248. The third-order valence-electron chi connectivity index (χ3n) is 5.77. The number of ketones is 1. The zero-order valence-corrected chi connectivity index (χ0v) is 21.9. The van der Waals surface area contributed by atoms with Gasteiger partial charge in [-0.15, -0.1) is 10.2 Å². The lowest BCUT2D eigenvalue weighted by atomic mass is 10.2. The minimum Gasteiger partial charge on any atom is -0.486 e. The zero-order chi connectivity index (χ0) is 24.7. The molecule has 0 spiro atoms. The molecule has 0 bridgehead atoms. The van der Waals surface area contributed by atoms with E-state index in [9.17, 15) is 4.79 Å². The number of aryl methyl sites for hydroxylation is 2. The summed E-state index contributed by atoms with van der Waals surface area (Å²) >= 11 is 1.43. The average Bonchev–Trinajstić information content (AvgIpc) is 3.33. The number of methoxy groups -OCH3 is 1. The number of thioether (sulfide) groups is 1. The van der Waals surface area contributed by atoms with E-state index in [1.165, 1.54) is 17.3 Å². The summed E-state index contributed by atoms with van der Waals surface area (Å²) in [5.41, 5.74) is 4.08. The van der Waals surface area contributed by atoms with Crippen molar-refractivity contribution in [3.63, 3.8) is 0 Å². The van der Waals surface area contributed by atoms with Crippen LogP contribution in [0.15, 0.2) is 35.5 Å². The monoisotopic (exact) mass is 484 g/mol. The fourth-order valence-corrected chi connectivity index (χ4v) is 4.72. The van der Waals surface area contributed by atoms with E-state index in [1.54, 1.807) is 7.11 Å². The van der Waals surface area contributed by atoms with Gasteiger partial charge in [0.25, 0.3) is 0 Å². The Morgan fingerprint density at radius 1 is 1.12 bits per heavy atom. The van der Waals surface area contributed by atoms with Gasteiger partial charge in [-0.1, -0.05) is 44.7 Å². The van der Waals surface area contributed by atoms with Crippen LogP contribution in [-0.2, 0) is 30.9 Å². The van der Waals surface area contributed by atoms with Gasteiger partial charge in [0.15, 0.2) is 16.8 Å². The minimum atomic E-state index is 0.0923. The average molecular weight is 485 g/mol. The van der Waals surface area contributed by atoms with Gasteiger partial charge in [0, 0.05) is 37.2 Å². The maximum absolute atomic E-state index is 13.0. The number of nitrogens with zero attached hydrogens (tertiary/aromatic N) is 4. The van der Waals surface area contributed by atoms with Crippen LogP contribution in [0.2, 0.25) is 0 Å². The predicted octanol–water partition coefficient (Wildman–Crippen LogP) is 5.12. The largest absolute Gasteiger partial charge is 0.486 e. The molecule has 1 aromatic carbocycles. The van der Waals surface area contributed by atoms with Crippen molar-refractivity contribution >= 4 is 17.5 Å². The second kappa shape index (κ2) is 12.2. The third kappa shape index (κ3) is 6.51. The summed E-state index contributed by atoms with van der Waals surface area (Å²) < 4.78 is 15.4. The molecule has 184 valence electrons. The Bertz CT molecular complexity index is 1090. The van der Waals surface area contributed by atoms with Crippen LogP contribution in [0.4, 0.5) is 0 Å². The highest BCUT2D eigenvalue weighted by atomic mass is 32.2. The van der Waals surface area contributed by atoms with E-state index in [0.717, 1.165) is 53.2 Å². The second-order valence-corrected chi connectivity index (χ2v) is 9.77. The van der Waals surface area contributed by atoms with Crippen molar-refractivity contribution in [1.82, 2.24) is 19.3 Å². The van der Waals surface area contributed by atoms with Crippen molar-refractivity contribution in [2.45, 2.75) is 65.9 Å². The van der Waals surface area contributed by atoms with E-state index in [-0.39, 0.29) is 5.78 Å². The summed E-state index contributed by atoms with van der Waals surface area (Å²) in [5, 5.41) is 9.50. The standard InChI is InChI=1S/C26H36N4O3S/c1-7-21-8-10-22(11-9-21)33-16-25-27-28-26(30(25)15-18(2)3)34-17-24(31)23-14-19(4)29(20(23)5)12-13-32-6/h8-11,14,18H,7,12-13,15-17H2,1-6H3. The first-order chi connectivity index (χ1) is 16.3. The van der Waals surface area contributed by atoms with Crippen molar-refractivity contribution in [3.05, 3.63) is 58.7 Å². The van der Waals surface area contributed by atoms with Crippen LogP contribution >= 0.6 is 11.8 Å². The summed E-state index contributed by atoms with van der Waals surface area (Å²) in [6.45, 7) is 12.9. The Hall–Kier alpha value is -2.58. The molecule has 0 N–H and O–H groups in total. The van der Waals surface area contributed by atoms with Crippen LogP contribution in [0.3, 0.4) is 0 Å². The molecule has 2 heterocycles. The Balaban J connectivity index is 1.69. The Morgan fingerprint density at radius 2 is 1.85 bits per heavy atom. The number of hydrogen-bond acceptors (Lipinski definition) is 6. The van der Waals surface area contributed by atoms with Gasteiger partial charge in [-0.3, -0.25) is 4.79 Å². The number of ether oxygens (including phenoxy) is 2. The molecule has 0 amide bonds. The van der Waals surface area contributed by atoms with E-state index in [0.29, 0.717) is 24.9 Å². The molecule has 0 saturated heterocycles. The fraction of sp³-hybridized carbons (Fsp3) is 0.500. The lowest BCUT2D eigenvalue weighted by Crippen LogP contribution is -2.13. The molecule has 0 saturated carbocycles. The predicted molar refractivity (Wildman–Crippen MR) is 136 cm³/mol. The molecule has 2 aromatic heterocycles. The lowest BCUT2D eigenvalue weighted by Gasteiger charge is -2.13. The van der Waals surface area contributed by atoms with Gasteiger partial charge in [0.05, 0.1) is 12.4 Å². The normalized spacial score (nSPS) is 11.4. The first kappa shape index (κ1) is 26.0. The highest BCUT2D eigenvalue weighted by molar-refractivity contribution is 7.99. The Kier molecular flexibility index (Phi) is 9.36. The SMILES string of the molecule is CCc1ccc(OCc2nnc(SCC(=O)c3cc(C)n(CCOC)c3C)n2CC(C)C)cc1. The second-order valence-electron chi connectivity index (χ2n) is 8.83. The molecule has 7 nitrogen and oxygen atoms in total. The number of benzene rings is 1. The number of carbonyl (C=O) groups is 1. The van der Waals surface area contributed by atoms with Gasteiger partial charge < -0.3 is 18.6 Å². The van der Waals surface area contributed by atoms with E-state index in [2.05, 4.69) is 52.2 Å². The molecule has 0 radical (unpaired) electrons. The molecule has 8 heteroatoms. The first-order valence-corrected chi connectivity index (χ1v) is 12.8. The van der Waals surface area contributed by atoms with Gasteiger partial charge in [0.1, 0.15) is 12.4 Å². The summed E-state index contributed by atoms with van der Waals surface area (Å²) in [6.07, 6.45) is 0.999. The molecular formula is C26H36N4O3S. The molecule has 34 heavy (non-hydrogen) atoms. The molecule has 0 aliphatic rings. The zero-order valence-electron chi connectivity index (χ0n) is 21.1. The number of Topliss-reactive ketones (excluding diaryl/α,β-unsaturated/α-hetero) is 1. The fourth-order valence-electron chi connectivity index (χ4n) is 3.87. The lowest BCUT2D eigenvalue weighted by molar-refractivity contribution is 0.102. The molecule has 3 rings (SSSR count). The van der Waals surface area contributed by atoms with Gasteiger partial charge in [0.2, 0.25) is 0 Å². The highest BCUT2D eigenvalue weighted by Crippen LogP contribution is 2.23. The van der Waals surface area contributed by atoms with Crippen LogP contribution < -0.4 is 4.74 Å². The number of hydrogen-bond donors (Lipinski definition) is 0. The molecule has 0 unspecified atom stereocenters. The summed E-state index contributed by atoms with van der Waals surface area (Å²) in [6, 6.07) is 10.1. The molecular weight excluding hydrogens is 448 g/mol. The van der Waals surface area contributed by atoms with Gasteiger partial charge >= 0.3 is 0 Å². The Morgan fingerprint density at radius 3 is 2.50 bits per heavy atom. The minimum absolute atomic E-state index is 0.0923. The summed E-state index contributed by atoms with van der Waals surface area (Å²) in [5.74, 6) is 2.39. The van der Waals surface area contributed by atoms with Crippen molar-refractivity contribution in [2.24, 2.45) is 5.92 Å². The topological polar surface area (TPSA) is 71.2 Å². The summed E-state index contributed by atoms with van der Waals surface area (Å²) in [4.78, 5) is 13.0. The van der Waals surface area contributed by atoms with Crippen LogP contribution in [-0.4, -0.2) is 44.6 Å². The van der Waals surface area contributed by atoms with Gasteiger partial charge in [-0.2, -0.15) is 0 Å². The maximum atomic E-state index is 13.0. The Labute approximate surface area is 206 Å². The van der Waals surface area contributed by atoms with Crippen LogP contribution in [0.1, 0.15) is 53.9 Å². The van der Waals surface area contributed by atoms with Crippen molar-refractivity contribution in [1.29, 1.82) is 0 Å². The van der Waals surface area contributed by atoms with Crippen molar-refractivity contribution in [3.8, 4) is 5.75 Å². The van der Waals surface area contributed by atoms with E-state index in [1.807, 2.05) is 32.0 Å². The molecule has 0 aliphatic heterocycles. The van der Waals surface area contributed by atoms with E-state index < -0.39 is 0 Å². The van der Waals surface area contributed by atoms with Crippen molar-refractivity contribution < 1.29 is 14.3 Å². The summed E-state index contributed by atoms with van der Waals surface area (Å²) in [7, 11) is 1.69. The number of carbonyl (C=O) groups excluding carboxylic acids is 1.